The summed E-state index contributed by atoms with van der Waals surface area (Å²) in [7, 11) is -3.38. The van der Waals surface area contributed by atoms with E-state index in [0.717, 1.165) is 5.69 Å². The van der Waals surface area contributed by atoms with Gasteiger partial charge in [0.25, 0.3) is 0 Å². The minimum absolute atomic E-state index is 0.120. The average molecular weight is 261 g/mol. The van der Waals surface area contributed by atoms with Crippen LogP contribution in [0.25, 0.3) is 0 Å². The van der Waals surface area contributed by atoms with Gasteiger partial charge in [-0.25, -0.2) is 18.1 Å². The third-order valence-corrected chi connectivity index (χ3v) is 3.54. The molecule has 1 aromatic rings. The minimum atomic E-state index is -3.38. The average Bonchev–Trinajstić information content (AvgIpc) is 2.69. The van der Waals surface area contributed by atoms with E-state index in [1.807, 2.05) is 0 Å². The molecule has 1 heterocycles. The van der Waals surface area contributed by atoms with Crippen LogP contribution in [0, 0.1) is 0 Å². The molecule has 0 spiro atoms. The molecule has 0 saturated carbocycles. The van der Waals surface area contributed by atoms with E-state index in [1.165, 1.54) is 6.33 Å². The Morgan fingerprint density at radius 1 is 1.53 bits per heavy atom. The van der Waals surface area contributed by atoms with Crippen molar-refractivity contribution in [3.8, 4) is 0 Å². The molecule has 8 heteroatoms. The molecular formula is C9H15N3O4S. The van der Waals surface area contributed by atoms with Crippen LogP contribution in [0.3, 0.4) is 0 Å². The fourth-order valence-electron chi connectivity index (χ4n) is 1.25. The molecule has 3 N–H and O–H groups in total. The Balaban J connectivity index is 2.22. The van der Waals surface area contributed by atoms with Crippen LogP contribution in [0.2, 0.25) is 0 Å². The fraction of sp³-hybridized carbons (Fsp3) is 0.556. The lowest BCUT2D eigenvalue weighted by atomic mass is 10.3. The van der Waals surface area contributed by atoms with Gasteiger partial charge in [-0.3, -0.25) is 4.79 Å². The molecule has 0 aliphatic carbocycles. The summed E-state index contributed by atoms with van der Waals surface area (Å²) in [4.78, 5) is 16.9. The number of carbonyl (C=O) groups is 1. The van der Waals surface area contributed by atoms with E-state index in [4.69, 9.17) is 5.11 Å². The Morgan fingerprint density at radius 2 is 2.29 bits per heavy atom. The zero-order valence-electron chi connectivity index (χ0n) is 9.22. The molecule has 96 valence electrons. The first-order chi connectivity index (χ1) is 7.99. The van der Waals surface area contributed by atoms with Gasteiger partial charge in [0.05, 0.1) is 12.1 Å². The number of aromatic amines is 1. The quantitative estimate of drug-likeness (QED) is 0.596. The molecule has 0 aliphatic heterocycles. The number of nitrogens with zero attached hydrogens (tertiary/aromatic N) is 1. The van der Waals surface area contributed by atoms with Gasteiger partial charge in [0.1, 0.15) is 0 Å². The topological polar surface area (TPSA) is 112 Å². The zero-order chi connectivity index (χ0) is 12.7. The minimum Gasteiger partial charge on any atom is -0.481 e. The van der Waals surface area contributed by atoms with Crippen LogP contribution < -0.4 is 4.72 Å². The molecule has 1 rings (SSSR count). The number of aromatic nitrogens is 2. The van der Waals surface area contributed by atoms with Crippen molar-refractivity contribution in [1.82, 2.24) is 14.7 Å². The highest BCUT2D eigenvalue weighted by Gasteiger charge is 2.10. The van der Waals surface area contributed by atoms with E-state index >= 15 is 0 Å². The number of sulfonamides is 1. The molecule has 0 fully saturated rings. The summed E-state index contributed by atoms with van der Waals surface area (Å²) in [6.45, 7) is 0.275. The molecule has 0 radical (unpaired) electrons. The van der Waals surface area contributed by atoms with Crippen LogP contribution in [-0.4, -0.2) is 41.8 Å². The predicted molar refractivity (Wildman–Crippen MR) is 61.0 cm³/mol. The Bertz CT molecular complexity index is 441. The van der Waals surface area contributed by atoms with Crippen LogP contribution >= 0.6 is 0 Å². The highest BCUT2D eigenvalue weighted by molar-refractivity contribution is 7.89. The highest BCUT2D eigenvalue weighted by atomic mass is 32.2. The fourth-order valence-corrected chi connectivity index (χ4v) is 2.33. The Morgan fingerprint density at radius 3 is 2.88 bits per heavy atom. The first kappa shape index (κ1) is 13.7. The molecule has 0 unspecified atom stereocenters. The molecule has 7 nitrogen and oxygen atoms in total. The normalized spacial score (nSPS) is 11.5. The summed E-state index contributed by atoms with van der Waals surface area (Å²) in [6.07, 6.45) is 3.66. The molecule has 0 bridgehead atoms. The molecular weight excluding hydrogens is 246 g/mol. The lowest BCUT2D eigenvalue weighted by Crippen LogP contribution is -2.28. The second-order valence-electron chi connectivity index (χ2n) is 3.54. The van der Waals surface area contributed by atoms with Gasteiger partial charge in [0.2, 0.25) is 10.0 Å². The summed E-state index contributed by atoms with van der Waals surface area (Å²) in [6, 6.07) is 0. The van der Waals surface area contributed by atoms with Crippen molar-refractivity contribution in [3.05, 3.63) is 18.2 Å². The van der Waals surface area contributed by atoms with E-state index in [0.29, 0.717) is 6.42 Å². The first-order valence-corrected chi connectivity index (χ1v) is 6.81. The van der Waals surface area contributed by atoms with Gasteiger partial charge >= 0.3 is 5.97 Å². The van der Waals surface area contributed by atoms with Crippen molar-refractivity contribution in [2.75, 3.05) is 12.3 Å². The molecule has 0 amide bonds. The van der Waals surface area contributed by atoms with Crippen molar-refractivity contribution < 1.29 is 18.3 Å². The summed E-state index contributed by atoms with van der Waals surface area (Å²) in [5, 5.41) is 8.39. The summed E-state index contributed by atoms with van der Waals surface area (Å²) < 4.78 is 25.2. The zero-order valence-corrected chi connectivity index (χ0v) is 10.0. The third kappa shape index (κ3) is 6.03. The van der Waals surface area contributed by atoms with E-state index < -0.39 is 16.0 Å². The van der Waals surface area contributed by atoms with Crippen molar-refractivity contribution in [3.63, 3.8) is 0 Å². The SMILES string of the molecule is O=C(O)CCCS(=O)(=O)NCCc1cnc[nH]1. The maximum atomic E-state index is 11.4. The first-order valence-electron chi connectivity index (χ1n) is 5.16. The number of rotatable bonds is 8. The van der Waals surface area contributed by atoms with E-state index in [2.05, 4.69) is 14.7 Å². The number of carboxylic acids is 1. The molecule has 0 atom stereocenters. The largest absolute Gasteiger partial charge is 0.481 e. The van der Waals surface area contributed by atoms with Gasteiger partial charge in [-0.05, 0) is 6.42 Å². The van der Waals surface area contributed by atoms with Gasteiger partial charge in [-0.15, -0.1) is 0 Å². The lowest BCUT2D eigenvalue weighted by molar-refractivity contribution is -0.137. The number of H-pyrrole nitrogens is 1. The van der Waals surface area contributed by atoms with Crippen molar-refractivity contribution >= 4 is 16.0 Å². The number of aliphatic carboxylic acids is 1. The Hall–Kier alpha value is -1.41. The number of hydrogen-bond donors (Lipinski definition) is 3. The maximum Gasteiger partial charge on any atom is 0.303 e. The van der Waals surface area contributed by atoms with Gasteiger partial charge in [0.15, 0.2) is 0 Å². The van der Waals surface area contributed by atoms with Gasteiger partial charge in [-0.1, -0.05) is 0 Å². The number of imidazole rings is 1. The Labute approximate surface area is 99.3 Å². The summed E-state index contributed by atoms with van der Waals surface area (Å²) in [5.41, 5.74) is 0.846. The van der Waals surface area contributed by atoms with Crippen LogP contribution in [0.1, 0.15) is 18.5 Å². The predicted octanol–water partition coefficient (Wildman–Crippen LogP) is -0.264. The third-order valence-electron chi connectivity index (χ3n) is 2.07. The van der Waals surface area contributed by atoms with E-state index in [-0.39, 0.29) is 25.1 Å². The van der Waals surface area contributed by atoms with Crippen molar-refractivity contribution in [2.45, 2.75) is 19.3 Å². The highest BCUT2D eigenvalue weighted by Crippen LogP contribution is 1.96. The van der Waals surface area contributed by atoms with Gasteiger partial charge in [-0.2, -0.15) is 0 Å². The molecule has 0 saturated heterocycles. The molecule has 0 aromatic carbocycles. The van der Waals surface area contributed by atoms with Crippen LogP contribution in [-0.2, 0) is 21.2 Å². The van der Waals surface area contributed by atoms with Crippen molar-refractivity contribution in [2.24, 2.45) is 0 Å². The van der Waals surface area contributed by atoms with Crippen molar-refractivity contribution in [1.29, 1.82) is 0 Å². The summed E-state index contributed by atoms with van der Waals surface area (Å²) in [5.74, 6) is -1.15. The standard InChI is InChI=1S/C9H15N3O4S/c13-9(14)2-1-5-17(15,16)12-4-3-8-6-10-7-11-8/h6-7,12H,1-5H2,(H,10,11)(H,13,14). The Kier molecular flexibility index (Phi) is 5.11. The van der Waals surface area contributed by atoms with Crippen LogP contribution in [0.4, 0.5) is 0 Å². The maximum absolute atomic E-state index is 11.4. The smallest absolute Gasteiger partial charge is 0.303 e. The molecule has 1 aromatic heterocycles. The number of hydrogen-bond acceptors (Lipinski definition) is 4. The van der Waals surface area contributed by atoms with Gasteiger partial charge in [0, 0.05) is 31.3 Å². The second kappa shape index (κ2) is 6.36. The van der Waals surface area contributed by atoms with Gasteiger partial charge < -0.3 is 10.1 Å². The molecule has 17 heavy (non-hydrogen) atoms. The van der Waals surface area contributed by atoms with Crippen LogP contribution in [0.5, 0.6) is 0 Å². The lowest BCUT2D eigenvalue weighted by Gasteiger charge is -2.04. The summed E-state index contributed by atoms with van der Waals surface area (Å²) >= 11 is 0. The number of carboxylic acid groups (broad SMARTS) is 1. The number of nitrogens with one attached hydrogen (secondary N) is 2. The van der Waals surface area contributed by atoms with E-state index in [1.54, 1.807) is 6.20 Å². The van der Waals surface area contributed by atoms with E-state index in [9.17, 15) is 13.2 Å². The van der Waals surface area contributed by atoms with Crippen LogP contribution in [0.15, 0.2) is 12.5 Å². The molecule has 0 aliphatic rings. The second-order valence-corrected chi connectivity index (χ2v) is 5.46. The monoisotopic (exact) mass is 261 g/mol.